The van der Waals surface area contributed by atoms with E-state index in [2.05, 4.69) is 22.6 Å². The largest absolute Gasteiger partial charge is 0.462 e. The fourth-order valence-electron chi connectivity index (χ4n) is 2.73. The minimum atomic E-state index is 0.670. The lowest BCUT2D eigenvalue weighted by molar-refractivity contribution is 0.402. The van der Waals surface area contributed by atoms with E-state index >= 15 is 0 Å². The third kappa shape index (κ3) is 4.80. The van der Waals surface area contributed by atoms with E-state index in [9.17, 15) is 0 Å². The summed E-state index contributed by atoms with van der Waals surface area (Å²) in [5.41, 5.74) is 10.1. The summed E-state index contributed by atoms with van der Waals surface area (Å²) >= 11 is 0. The summed E-state index contributed by atoms with van der Waals surface area (Å²) in [4.78, 5) is 8.69. The number of nitrogens with zero attached hydrogens (tertiary/aromatic N) is 2. The van der Waals surface area contributed by atoms with Gasteiger partial charge >= 0.3 is 0 Å². The monoisotopic (exact) mass is 335 g/mol. The van der Waals surface area contributed by atoms with Crippen molar-refractivity contribution in [1.29, 1.82) is 0 Å². The molecule has 0 aliphatic heterocycles. The summed E-state index contributed by atoms with van der Waals surface area (Å²) in [7, 11) is 1.75. The molecule has 2 N–H and O–H groups in total. The van der Waals surface area contributed by atoms with Crippen LogP contribution in [0.5, 0.6) is 5.75 Å². The van der Waals surface area contributed by atoms with Gasteiger partial charge in [-0.05, 0) is 50.6 Å². The summed E-state index contributed by atoms with van der Waals surface area (Å²) in [6, 6.07) is 7.87. The summed E-state index contributed by atoms with van der Waals surface area (Å²) in [5.74, 6) is 1.79. The van der Waals surface area contributed by atoms with Crippen LogP contribution in [-0.2, 0) is 0 Å². The predicted molar refractivity (Wildman–Crippen MR) is 106 cm³/mol. The molecule has 1 aromatic rings. The molecule has 0 fully saturated rings. The maximum atomic E-state index is 6.08. The number of hydrogen-bond donors (Lipinski definition) is 1. The molecule has 0 heterocycles. The van der Waals surface area contributed by atoms with Crippen LogP contribution in [-0.4, -0.2) is 18.5 Å². The Morgan fingerprint density at radius 1 is 1.24 bits per heavy atom. The highest BCUT2D eigenvalue weighted by atomic mass is 16.5. The smallest absolute Gasteiger partial charge is 0.126 e. The first-order valence-electron chi connectivity index (χ1n) is 8.30. The van der Waals surface area contributed by atoms with Crippen molar-refractivity contribution in [3.05, 3.63) is 77.9 Å². The van der Waals surface area contributed by atoms with Crippen LogP contribution in [0.4, 0.5) is 0 Å². The molecule has 4 heteroatoms. The van der Waals surface area contributed by atoms with Gasteiger partial charge in [-0.1, -0.05) is 18.7 Å². The van der Waals surface area contributed by atoms with E-state index < -0.39 is 0 Å². The van der Waals surface area contributed by atoms with Crippen molar-refractivity contribution in [2.45, 2.75) is 26.7 Å². The number of nitrogens with two attached hydrogens (primary N) is 1. The predicted octanol–water partition coefficient (Wildman–Crippen LogP) is 4.56. The summed E-state index contributed by atoms with van der Waals surface area (Å²) in [6.07, 6.45) is 9.62. The van der Waals surface area contributed by atoms with Crippen LogP contribution in [0.25, 0.3) is 0 Å². The van der Waals surface area contributed by atoms with Crippen molar-refractivity contribution < 1.29 is 4.74 Å². The minimum absolute atomic E-state index is 0.670. The second-order valence-electron chi connectivity index (χ2n) is 5.75. The first-order valence-corrected chi connectivity index (χ1v) is 8.30. The normalized spacial score (nSPS) is 16.2. The Balaban J connectivity index is 2.28. The lowest BCUT2D eigenvalue weighted by Crippen LogP contribution is -2.17. The van der Waals surface area contributed by atoms with Crippen LogP contribution in [0.15, 0.2) is 82.3 Å². The summed E-state index contributed by atoms with van der Waals surface area (Å²) < 4.78 is 5.91. The highest BCUT2D eigenvalue weighted by Gasteiger charge is 2.15. The SMILES string of the molecule is C=CN=C(C)/C(C(=NC)c1ccc(OC2=CC=CCC2)cc1)=C(\C)N. The molecule has 0 unspecified atom stereocenters. The van der Waals surface area contributed by atoms with Gasteiger partial charge in [0.05, 0.1) is 5.71 Å². The maximum absolute atomic E-state index is 6.08. The molecule has 1 aliphatic rings. The van der Waals surface area contributed by atoms with Crippen molar-refractivity contribution in [1.82, 2.24) is 0 Å². The lowest BCUT2D eigenvalue weighted by atomic mass is 9.97. The molecule has 2 rings (SSSR count). The second kappa shape index (κ2) is 8.83. The molecule has 0 radical (unpaired) electrons. The van der Waals surface area contributed by atoms with Gasteiger partial charge in [0.15, 0.2) is 0 Å². The Morgan fingerprint density at radius 3 is 2.48 bits per heavy atom. The Morgan fingerprint density at radius 2 is 1.96 bits per heavy atom. The molecule has 0 amide bonds. The average molecular weight is 335 g/mol. The van der Waals surface area contributed by atoms with Gasteiger partial charge < -0.3 is 10.5 Å². The molecular formula is C21H25N3O. The molecule has 0 bridgehead atoms. The Kier molecular flexibility index (Phi) is 6.52. The molecule has 1 aromatic carbocycles. The third-order valence-electron chi connectivity index (χ3n) is 3.85. The van der Waals surface area contributed by atoms with Gasteiger partial charge in [0.1, 0.15) is 11.5 Å². The molecule has 0 atom stereocenters. The number of allylic oxidation sites excluding steroid dienone is 6. The minimum Gasteiger partial charge on any atom is -0.462 e. The van der Waals surface area contributed by atoms with E-state index in [4.69, 9.17) is 10.5 Å². The van der Waals surface area contributed by atoms with E-state index in [0.29, 0.717) is 5.70 Å². The number of aliphatic imine (C=N–C) groups is 2. The quantitative estimate of drug-likeness (QED) is 0.775. The Labute approximate surface area is 149 Å². The van der Waals surface area contributed by atoms with Gasteiger partial charge in [-0.15, -0.1) is 0 Å². The standard InChI is InChI=1S/C21H25N3O/c1-5-24-16(3)20(15(2)22)21(23-4)17-11-13-19(14-12-17)25-18-9-7-6-8-10-18/h5-7,9,11-14H,1,8,10,22H2,2-4H3/b20-15-,23-21?,24-16?. The van der Waals surface area contributed by atoms with Crippen molar-refractivity contribution >= 4 is 11.4 Å². The van der Waals surface area contributed by atoms with Crippen LogP contribution in [0.1, 0.15) is 32.3 Å². The number of ether oxygens (including phenoxy) is 1. The van der Waals surface area contributed by atoms with Gasteiger partial charge in [-0.3, -0.25) is 9.98 Å². The number of rotatable bonds is 6. The van der Waals surface area contributed by atoms with Crippen LogP contribution in [0, 0.1) is 0 Å². The Hall–Kier alpha value is -2.88. The highest BCUT2D eigenvalue weighted by Crippen LogP contribution is 2.22. The van der Waals surface area contributed by atoms with Crippen LogP contribution < -0.4 is 10.5 Å². The summed E-state index contributed by atoms with van der Waals surface area (Å²) in [5, 5.41) is 0. The lowest BCUT2D eigenvalue weighted by Gasteiger charge is -2.14. The molecular weight excluding hydrogens is 310 g/mol. The zero-order chi connectivity index (χ0) is 18.2. The fourth-order valence-corrected chi connectivity index (χ4v) is 2.73. The van der Waals surface area contributed by atoms with Crippen LogP contribution >= 0.6 is 0 Å². The zero-order valence-electron chi connectivity index (χ0n) is 15.1. The molecule has 1 aliphatic carbocycles. The van der Waals surface area contributed by atoms with Gasteiger partial charge in [0.2, 0.25) is 0 Å². The van der Waals surface area contributed by atoms with Crippen molar-refractivity contribution in [3.63, 3.8) is 0 Å². The van der Waals surface area contributed by atoms with Crippen molar-refractivity contribution in [2.24, 2.45) is 15.7 Å². The van der Waals surface area contributed by atoms with Gasteiger partial charge in [-0.2, -0.15) is 0 Å². The van der Waals surface area contributed by atoms with E-state index in [-0.39, 0.29) is 0 Å². The molecule has 0 spiro atoms. The zero-order valence-corrected chi connectivity index (χ0v) is 15.1. The van der Waals surface area contributed by atoms with E-state index in [1.54, 1.807) is 7.05 Å². The van der Waals surface area contributed by atoms with E-state index in [1.807, 2.05) is 50.3 Å². The number of benzene rings is 1. The fraction of sp³-hybridized carbons (Fsp3) is 0.238. The third-order valence-corrected chi connectivity index (χ3v) is 3.85. The maximum Gasteiger partial charge on any atom is 0.126 e. The van der Waals surface area contributed by atoms with E-state index in [1.165, 1.54) is 6.20 Å². The molecule has 4 nitrogen and oxygen atoms in total. The molecule has 0 saturated heterocycles. The number of hydrogen-bond acceptors (Lipinski definition) is 4. The molecule has 0 saturated carbocycles. The first-order chi connectivity index (χ1) is 12.1. The molecule has 130 valence electrons. The van der Waals surface area contributed by atoms with Crippen LogP contribution in [0.3, 0.4) is 0 Å². The van der Waals surface area contributed by atoms with Gasteiger partial charge in [0, 0.05) is 42.2 Å². The first kappa shape index (κ1) is 18.5. The van der Waals surface area contributed by atoms with Crippen LogP contribution in [0.2, 0.25) is 0 Å². The van der Waals surface area contributed by atoms with Gasteiger partial charge in [-0.25, -0.2) is 0 Å². The van der Waals surface area contributed by atoms with Crippen molar-refractivity contribution in [3.8, 4) is 5.75 Å². The Bertz CT molecular complexity index is 774. The average Bonchev–Trinajstić information content (AvgIpc) is 2.61. The van der Waals surface area contributed by atoms with Crippen molar-refractivity contribution in [2.75, 3.05) is 7.05 Å². The second-order valence-corrected chi connectivity index (χ2v) is 5.75. The molecule has 25 heavy (non-hydrogen) atoms. The molecule has 0 aromatic heterocycles. The van der Waals surface area contributed by atoms with E-state index in [0.717, 1.165) is 46.9 Å². The summed E-state index contributed by atoms with van der Waals surface area (Å²) in [6.45, 7) is 7.40. The van der Waals surface area contributed by atoms with Gasteiger partial charge in [0.25, 0.3) is 0 Å². The highest BCUT2D eigenvalue weighted by molar-refractivity contribution is 6.30. The topological polar surface area (TPSA) is 60.0 Å².